The Kier molecular flexibility index (Phi) is 57.6. The summed E-state index contributed by atoms with van der Waals surface area (Å²) in [4.78, 5) is 72.4. The van der Waals surface area contributed by atoms with Gasteiger partial charge in [0.1, 0.15) is 19.3 Å². The van der Waals surface area contributed by atoms with Crippen molar-refractivity contribution in [3.63, 3.8) is 0 Å². The number of carbonyl (C=O) groups is 4. The molecule has 0 aromatic rings. The largest absolute Gasteiger partial charge is 0.472 e. The maximum absolute atomic E-state index is 13.0. The van der Waals surface area contributed by atoms with Gasteiger partial charge < -0.3 is 33.8 Å². The Morgan fingerprint density at radius 2 is 0.545 bits per heavy atom. The molecule has 88 heavy (non-hydrogen) atoms. The maximum Gasteiger partial charge on any atom is 0.472 e. The maximum atomic E-state index is 13.0. The summed E-state index contributed by atoms with van der Waals surface area (Å²) in [7, 11) is -9.90. The van der Waals surface area contributed by atoms with Crippen molar-refractivity contribution in [1.29, 1.82) is 0 Å². The molecule has 0 saturated heterocycles. The van der Waals surface area contributed by atoms with Gasteiger partial charge in [0.25, 0.3) is 0 Å². The number of hydrogen-bond donors (Lipinski definition) is 3. The van der Waals surface area contributed by atoms with Crippen LogP contribution in [-0.2, 0) is 65.4 Å². The van der Waals surface area contributed by atoms with E-state index in [9.17, 15) is 43.2 Å². The number of phosphoric acid groups is 2. The Morgan fingerprint density at radius 1 is 0.318 bits per heavy atom. The van der Waals surface area contributed by atoms with Crippen molar-refractivity contribution in [2.45, 2.75) is 356 Å². The van der Waals surface area contributed by atoms with Crippen molar-refractivity contribution in [2.24, 2.45) is 23.7 Å². The first-order valence-corrected chi connectivity index (χ1v) is 38.8. The number of carbonyl (C=O) groups excluding carboxylic acids is 4. The Balaban J connectivity index is 5.21. The molecule has 0 aliphatic carbocycles. The molecule has 17 nitrogen and oxygen atoms in total. The van der Waals surface area contributed by atoms with Crippen LogP contribution in [-0.4, -0.2) is 96.7 Å². The van der Waals surface area contributed by atoms with E-state index in [0.29, 0.717) is 37.5 Å². The van der Waals surface area contributed by atoms with E-state index in [1.165, 1.54) is 128 Å². The van der Waals surface area contributed by atoms with E-state index >= 15 is 0 Å². The average molecular weight is 1300 g/mol. The predicted molar refractivity (Wildman–Crippen MR) is 354 cm³/mol. The second kappa shape index (κ2) is 58.8. The van der Waals surface area contributed by atoms with Crippen LogP contribution in [0.1, 0.15) is 338 Å². The first kappa shape index (κ1) is 86.1. The van der Waals surface area contributed by atoms with Gasteiger partial charge >= 0.3 is 39.5 Å². The lowest BCUT2D eigenvalue weighted by Gasteiger charge is -2.21. The summed E-state index contributed by atoms with van der Waals surface area (Å²) in [6.45, 7) is 14.0. The third kappa shape index (κ3) is 60.3. The van der Waals surface area contributed by atoms with Crippen molar-refractivity contribution in [3.05, 3.63) is 0 Å². The zero-order valence-electron chi connectivity index (χ0n) is 57.3. The average Bonchev–Trinajstić information content (AvgIpc) is 3.38. The molecule has 0 heterocycles. The number of ether oxygens (including phenoxy) is 4. The highest BCUT2D eigenvalue weighted by atomic mass is 31.2. The molecule has 0 saturated carbocycles. The van der Waals surface area contributed by atoms with Crippen LogP contribution in [0, 0.1) is 23.7 Å². The number of esters is 4. The second-order valence-corrected chi connectivity index (χ2v) is 29.3. The molecule has 19 heteroatoms. The van der Waals surface area contributed by atoms with E-state index < -0.39 is 97.5 Å². The molecule has 7 atom stereocenters. The lowest BCUT2D eigenvalue weighted by Crippen LogP contribution is -2.30. The number of aliphatic hydroxyl groups excluding tert-OH is 1. The highest BCUT2D eigenvalue weighted by Crippen LogP contribution is 2.45. The Hall–Kier alpha value is -1.94. The fourth-order valence-electron chi connectivity index (χ4n) is 10.2. The normalized spacial score (nSPS) is 14.9. The molecule has 0 spiro atoms. The summed E-state index contributed by atoms with van der Waals surface area (Å²) in [5.41, 5.74) is 0. The van der Waals surface area contributed by atoms with E-state index in [1.54, 1.807) is 0 Å². The molecule has 0 aromatic heterocycles. The molecule has 3 N–H and O–H groups in total. The fraction of sp³-hybridized carbons (Fsp3) is 0.942. The minimum atomic E-state index is -4.95. The van der Waals surface area contributed by atoms with Crippen molar-refractivity contribution in [1.82, 2.24) is 0 Å². The fourth-order valence-corrected chi connectivity index (χ4v) is 11.8. The van der Waals surface area contributed by atoms with E-state index in [1.807, 2.05) is 0 Å². The standard InChI is InChI=1S/C69H134O17P2/c1-9-61(7)47-39-31-23-17-15-13-11-12-14-16-18-24-35-43-51-68(73)85-64(55-79-66(71)49-41-33-25-19-21-29-37-45-59(3)4)57-83-87(75,76)81-53-63(70)54-82-88(77,78)84-58-65(86-69(74)52-44-36-26-20-22-30-38-46-60(5)6)56-80-67(72)50-42-34-28-27-32-40-48-62(8)10-2/h59-65,70H,9-58H2,1-8H3,(H,75,76)(H,77,78)/t61?,62?,63?,64-,65-/m1/s1. The van der Waals surface area contributed by atoms with Crippen LogP contribution in [0.4, 0.5) is 0 Å². The third-order valence-corrected chi connectivity index (χ3v) is 18.4. The number of rotatable bonds is 66. The summed E-state index contributed by atoms with van der Waals surface area (Å²) in [5, 5.41) is 10.6. The van der Waals surface area contributed by atoms with Crippen LogP contribution in [0.15, 0.2) is 0 Å². The summed E-state index contributed by atoms with van der Waals surface area (Å²) in [6, 6.07) is 0. The minimum absolute atomic E-state index is 0.102. The Labute approximate surface area is 537 Å². The van der Waals surface area contributed by atoms with Crippen molar-refractivity contribution >= 4 is 39.5 Å². The lowest BCUT2D eigenvalue weighted by atomic mass is 9.99. The molecule has 0 bridgehead atoms. The summed E-state index contributed by atoms with van der Waals surface area (Å²) in [5.74, 6) is 0.842. The molecule has 0 aromatic carbocycles. The molecule has 0 aliphatic heterocycles. The molecule has 0 amide bonds. The SMILES string of the molecule is CCC(C)CCCCCCCCCCCCCCCCC(=O)O[C@H](COC(=O)CCCCCCCCCC(C)C)COP(=O)(O)OCC(O)COP(=O)(O)OC[C@@H](COC(=O)CCCCCCCCC(C)CC)OC(=O)CCCCCCCCCC(C)C. The van der Waals surface area contributed by atoms with Gasteiger partial charge in [0, 0.05) is 25.7 Å². The van der Waals surface area contributed by atoms with Gasteiger partial charge in [0.05, 0.1) is 26.4 Å². The van der Waals surface area contributed by atoms with Crippen molar-refractivity contribution < 1.29 is 80.2 Å². The van der Waals surface area contributed by atoms with Crippen molar-refractivity contribution in [2.75, 3.05) is 39.6 Å². The first-order chi connectivity index (χ1) is 42.2. The van der Waals surface area contributed by atoms with Gasteiger partial charge in [-0.05, 0) is 49.4 Å². The number of aliphatic hydroxyl groups is 1. The zero-order chi connectivity index (χ0) is 65.4. The number of hydrogen-bond acceptors (Lipinski definition) is 15. The van der Waals surface area contributed by atoms with Crippen LogP contribution in [0.25, 0.3) is 0 Å². The minimum Gasteiger partial charge on any atom is -0.462 e. The summed E-state index contributed by atoms with van der Waals surface area (Å²) in [6.07, 6.45) is 40.5. The van der Waals surface area contributed by atoms with Crippen LogP contribution < -0.4 is 0 Å². The van der Waals surface area contributed by atoms with E-state index in [2.05, 4.69) is 55.4 Å². The van der Waals surface area contributed by atoms with Crippen LogP contribution in [0.2, 0.25) is 0 Å². The van der Waals surface area contributed by atoms with E-state index in [-0.39, 0.29) is 25.7 Å². The van der Waals surface area contributed by atoms with Crippen LogP contribution in [0.3, 0.4) is 0 Å². The van der Waals surface area contributed by atoms with Crippen LogP contribution in [0.5, 0.6) is 0 Å². The van der Waals surface area contributed by atoms with Gasteiger partial charge in [-0.1, -0.05) is 287 Å². The van der Waals surface area contributed by atoms with Gasteiger partial charge in [-0.25, -0.2) is 9.13 Å². The van der Waals surface area contributed by atoms with Crippen molar-refractivity contribution in [3.8, 4) is 0 Å². The highest BCUT2D eigenvalue weighted by molar-refractivity contribution is 7.47. The smallest absolute Gasteiger partial charge is 0.462 e. The van der Waals surface area contributed by atoms with Gasteiger partial charge in [-0.2, -0.15) is 0 Å². The highest BCUT2D eigenvalue weighted by Gasteiger charge is 2.30. The van der Waals surface area contributed by atoms with E-state index in [4.69, 9.17) is 37.0 Å². The Morgan fingerprint density at radius 3 is 0.807 bits per heavy atom. The molecular weight excluding hydrogens is 1160 g/mol. The number of phosphoric ester groups is 2. The summed E-state index contributed by atoms with van der Waals surface area (Å²) >= 11 is 0. The molecule has 0 rings (SSSR count). The third-order valence-electron chi connectivity index (χ3n) is 16.5. The van der Waals surface area contributed by atoms with Gasteiger partial charge in [0.2, 0.25) is 0 Å². The topological polar surface area (TPSA) is 237 Å². The number of unbranched alkanes of at least 4 members (excludes halogenated alkanes) is 30. The van der Waals surface area contributed by atoms with Crippen LogP contribution >= 0.6 is 15.6 Å². The zero-order valence-corrected chi connectivity index (χ0v) is 59.1. The predicted octanol–water partition coefficient (Wildman–Crippen LogP) is 19.3. The lowest BCUT2D eigenvalue weighted by molar-refractivity contribution is -0.161. The van der Waals surface area contributed by atoms with Gasteiger partial charge in [-0.15, -0.1) is 0 Å². The van der Waals surface area contributed by atoms with Gasteiger partial charge in [0.15, 0.2) is 12.2 Å². The molecule has 0 fully saturated rings. The molecule has 0 aliphatic rings. The molecular formula is C69H134O17P2. The Bertz CT molecular complexity index is 1750. The first-order valence-electron chi connectivity index (χ1n) is 35.8. The monoisotopic (exact) mass is 1300 g/mol. The summed E-state index contributed by atoms with van der Waals surface area (Å²) < 4.78 is 68.2. The quantitative estimate of drug-likeness (QED) is 0.0222. The molecule has 5 unspecified atom stereocenters. The molecule has 0 radical (unpaired) electrons. The second-order valence-electron chi connectivity index (χ2n) is 26.4. The van der Waals surface area contributed by atoms with E-state index in [0.717, 1.165) is 115 Å². The molecule has 522 valence electrons. The van der Waals surface area contributed by atoms with Gasteiger partial charge in [-0.3, -0.25) is 37.3 Å².